The van der Waals surface area contributed by atoms with Crippen molar-refractivity contribution in [2.45, 2.75) is 50.9 Å². The van der Waals surface area contributed by atoms with Gasteiger partial charge in [-0.05, 0) is 41.3 Å². The van der Waals surface area contributed by atoms with Gasteiger partial charge in [-0.15, -0.1) is 0 Å². The SMILES string of the molecule is CNc1ccc(C(C)c2cc(C3CC(O)C[C@@H](CO)O3)ccc2C)cc1. The van der Waals surface area contributed by atoms with Crippen LogP contribution in [0.2, 0.25) is 0 Å². The van der Waals surface area contributed by atoms with Crippen LogP contribution in [0.25, 0.3) is 0 Å². The first-order chi connectivity index (χ1) is 12.5. The van der Waals surface area contributed by atoms with E-state index in [2.05, 4.69) is 61.6 Å². The Kier molecular flexibility index (Phi) is 5.97. The van der Waals surface area contributed by atoms with E-state index in [1.165, 1.54) is 16.7 Å². The zero-order valence-corrected chi connectivity index (χ0v) is 15.8. The van der Waals surface area contributed by atoms with Crippen molar-refractivity contribution in [3.05, 3.63) is 64.7 Å². The summed E-state index contributed by atoms with van der Waals surface area (Å²) in [5, 5.41) is 22.7. The third-order valence-corrected chi connectivity index (χ3v) is 5.42. The second kappa shape index (κ2) is 8.21. The van der Waals surface area contributed by atoms with Crippen molar-refractivity contribution in [1.82, 2.24) is 0 Å². The first-order valence-electron chi connectivity index (χ1n) is 9.34. The predicted molar refractivity (Wildman–Crippen MR) is 105 cm³/mol. The molecule has 1 saturated heterocycles. The largest absolute Gasteiger partial charge is 0.394 e. The lowest BCUT2D eigenvalue weighted by molar-refractivity contribution is -0.113. The molecule has 2 aromatic rings. The molecule has 0 aromatic heterocycles. The number of hydrogen-bond acceptors (Lipinski definition) is 4. The van der Waals surface area contributed by atoms with E-state index in [-0.39, 0.29) is 24.7 Å². The van der Waals surface area contributed by atoms with E-state index in [1.54, 1.807) is 0 Å². The molecule has 3 rings (SSSR count). The first-order valence-corrected chi connectivity index (χ1v) is 9.34. The number of ether oxygens (including phenoxy) is 1. The molecule has 0 bridgehead atoms. The summed E-state index contributed by atoms with van der Waals surface area (Å²) < 4.78 is 5.98. The van der Waals surface area contributed by atoms with Crippen molar-refractivity contribution in [2.75, 3.05) is 19.0 Å². The number of anilines is 1. The van der Waals surface area contributed by atoms with E-state index in [4.69, 9.17) is 4.74 Å². The van der Waals surface area contributed by atoms with Gasteiger partial charge in [0.2, 0.25) is 0 Å². The lowest BCUT2D eigenvalue weighted by atomic mass is 9.87. The molecule has 1 fully saturated rings. The van der Waals surface area contributed by atoms with Gasteiger partial charge < -0.3 is 20.3 Å². The number of aliphatic hydroxyl groups excluding tert-OH is 2. The van der Waals surface area contributed by atoms with Crippen molar-refractivity contribution < 1.29 is 14.9 Å². The normalized spacial score (nSPS) is 24.3. The monoisotopic (exact) mass is 355 g/mol. The quantitative estimate of drug-likeness (QED) is 0.764. The maximum atomic E-state index is 10.1. The summed E-state index contributed by atoms with van der Waals surface area (Å²) >= 11 is 0. The Morgan fingerprint density at radius 2 is 1.88 bits per heavy atom. The summed E-state index contributed by atoms with van der Waals surface area (Å²) in [5.74, 6) is 0.267. The summed E-state index contributed by atoms with van der Waals surface area (Å²) in [6, 6.07) is 14.9. The molecule has 140 valence electrons. The van der Waals surface area contributed by atoms with Gasteiger partial charge >= 0.3 is 0 Å². The lowest BCUT2D eigenvalue weighted by Gasteiger charge is -2.33. The minimum atomic E-state index is -0.429. The Hall–Kier alpha value is -1.88. The van der Waals surface area contributed by atoms with Gasteiger partial charge in [0, 0.05) is 31.5 Å². The molecule has 0 aliphatic carbocycles. The number of benzene rings is 2. The number of nitrogens with one attached hydrogen (secondary N) is 1. The highest BCUT2D eigenvalue weighted by Gasteiger charge is 2.29. The molecule has 1 aliphatic rings. The Bertz CT molecular complexity index is 729. The van der Waals surface area contributed by atoms with Crippen LogP contribution in [0.1, 0.15) is 54.0 Å². The first kappa shape index (κ1) is 18.9. The summed E-state index contributed by atoms with van der Waals surface area (Å²) in [6.45, 7) is 4.29. The van der Waals surface area contributed by atoms with Gasteiger partial charge in [0.1, 0.15) is 0 Å². The molecule has 4 nitrogen and oxygen atoms in total. The predicted octanol–water partition coefficient (Wildman–Crippen LogP) is 3.76. The highest BCUT2D eigenvalue weighted by atomic mass is 16.5. The van der Waals surface area contributed by atoms with Crippen molar-refractivity contribution in [2.24, 2.45) is 0 Å². The minimum absolute atomic E-state index is 0.0551. The fraction of sp³-hybridized carbons (Fsp3) is 0.455. The van der Waals surface area contributed by atoms with Gasteiger partial charge in [0.15, 0.2) is 0 Å². The molecule has 4 heteroatoms. The summed E-state index contributed by atoms with van der Waals surface area (Å²) in [7, 11) is 1.92. The third kappa shape index (κ3) is 4.09. The average molecular weight is 355 g/mol. The van der Waals surface area contributed by atoms with Crippen LogP contribution in [-0.4, -0.2) is 36.1 Å². The second-order valence-electron chi connectivity index (χ2n) is 7.26. The summed E-state index contributed by atoms with van der Waals surface area (Å²) in [4.78, 5) is 0. The Balaban J connectivity index is 1.87. The van der Waals surface area contributed by atoms with E-state index in [0.29, 0.717) is 12.8 Å². The maximum absolute atomic E-state index is 10.1. The van der Waals surface area contributed by atoms with Crippen molar-refractivity contribution in [3.8, 4) is 0 Å². The van der Waals surface area contributed by atoms with Gasteiger partial charge in [0.05, 0.1) is 24.9 Å². The van der Waals surface area contributed by atoms with Gasteiger partial charge in [-0.3, -0.25) is 0 Å². The highest BCUT2D eigenvalue weighted by Crippen LogP contribution is 2.35. The van der Waals surface area contributed by atoms with Crippen LogP contribution in [0, 0.1) is 6.92 Å². The minimum Gasteiger partial charge on any atom is -0.394 e. The van der Waals surface area contributed by atoms with Gasteiger partial charge in [-0.2, -0.15) is 0 Å². The van der Waals surface area contributed by atoms with Crippen molar-refractivity contribution in [1.29, 1.82) is 0 Å². The number of rotatable bonds is 5. The smallest absolute Gasteiger partial charge is 0.0854 e. The van der Waals surface area contributed by atoms with E-state index in [1.807, 2.05) is 7.05 Å². The van der Waals surface area contributed by atoms with E-state index in [9.17, 15) is 10.2 Å². The standard InChI is InChI=1S/C22H29NO3/c1-14-4-5-17(22-12-19(25)11-20(13-24)26-22)10-21(14)15(2)16-6-8-18(23-3)9-7-16/h4-10,15,19-20,22-25H,11-13H2,1-3H3/t15?,19?,20-,22?/m0/s1. The van der Waals surface area contributed by atoms with Crippen LogP contribution in [-0.2, 0) is 4.74 Å². The molecule has 0 saturated carbocycles. The molecule has 4 atom stereocenters. The zero-order valence-electron chi connectivity index (χ0n) is 15.8. The molecule has 3 N–H and O–H groups in total. The van der Waals surface area contributed by atoms with E-state index in [0.717, 1.165) is 11.3 Å². The third-order valence-electron chi connectivity index (χ3n) is 5.42. The topological polar surface area (TPSA) is 61.7 Å². The fourth-order valence-corrected chi connectivity index (χ4v) is 3.77. The molecule has 1 aliphatic heterocycles. The van der Waals surface area contributed by atoms with Gasteiger partial charge in [-0.25, -0.2) is 0 Å². The number of hydrogen-bond donors (Lipinski definition) is 3. The van der Waals surface area contributed by atoms with Crippen LogP contribution >= 0.6 is 0 Å². The molecular weight excluding hydrogens is 326 g/mol. The molecule has 0 amide bonds. The molecule has 0 radical (unpaired) electrons. The average Bonchev–Trinajstić information content (AvgIpc) is 2.67. The summed E-state index contributed by atoms with van der Waals surface area (Å²) in [6.07, 6.45) is 0.181. The highest BCUT2D eigenvalue weighted by molar-refractivity contribution is 5.47. The molecule has 2 aromatic carbocycles. The molecule has 26 heavy (non-hydrogen) atoms. The van der Waals surface area contributed by atoms with E-state index >= 15 is 0 Å². The fourth-order valence-electron chi connectivity index (χ4n) is 3.77. The molecule has 3 unspecified atom stereocenters. The van der Waals surface area contributed by atoms with Crippen LogP contribution in [0.15, 0.2) is 42.5 Å². The van der Waals surface area contributed by atoms with Crippen molar-refractivity contribution in [3.63, 3.8) is 0 Å². The van der Waals surface area contributed by atoms with Crippen LogP contribution < -0.4 is 5.32 Å². The van der Waals surface area contributed by atoms with Crippen LogP contribution in [0.4, 0.5) is 5.69 Å². The lowest BCUT2D eigenvalue weighted by Crippen LogP contribution is -2.33. The van der Waals surface area contributed by atoms with Crippen molar-refractivity contribution >= 4 is 5.69 Å². The molecular formula is C22H29NO3. The Morgan fingerprint density at radius 1 is 1.15 bits per heavy atom. The molecule has 1 heterocycles. The van der Waals surface area contributed by atoms with Gasteiger partial charge in [0.25, 0.3) is 0 Å². The molecule has 0 spiro atoms. The number of aryl methyl sites for hydroxylation is 1. The summed E-state index contributed by atoms with van der Waals surface area (Å²) in [5.41, 5.74) is 5.95. The Morgan fingerprint density at radius 3 is 2.54 bits per heavy atom. The zero-order chi connectivity index (χ0) is 18.7. The number of aliphatic hydroxyl groups is 2. The van der Waals surface area contributed by atoms with E-state index < -0.39 is 6.10 Å². The van der Waals surface area contributed by atoms with Crippen LogP contribution in [0.5, 0.6) is 0 Å². The van der Waals surface area contributed by atoms with Crippen LogP contribution in [0.3, 0.4) is 0 Å². The second-order valence-corrected chi connectivity index (χ2v) is 7.26. The Labute approximate surface area is 155 Å². The van der Waals surface area contributed by atoms with Gasteiger partial charge in [-0.1, -0.05) is 37.3 Å². The maximum Gasteiger partial charge on any atom is 0.0854 e.